The molecule has 0 bridgehead atoms. The van der Waals surface area contributed by atoms with Crippen molar-refractivity contribution < 1.29 is 23.8 Å². The second kappa shape index (κ2) is 7.14. The molecule has 0 saturated heterocycles. The summed E-state index contributed by atoms with van der Waals surface area (Å²) in [5.74, 6) is 0.449. The summed E-state index contributed by atoms with van der Waals surface area (Å²) in [6, 6.07) is 8.64. The molecule has 1 aliphatic rings. The Labute approximate surface area is 142 Å². The first-order chi connectivity index (χ1) is 11.7. The van der Waals surface area contributed by atoms with Gasteiger partial charge in [-0.05, 0) is 23.6 Å². The minimum absolute atomic E-state index is 0.140. The molecule has 0 fully saturated rings. The molecule has 6 heteroatoms. The monoisotopic (exact) mass is 342 g/mol. The minimum Gasteiger partial charge on any atom is -0.482 e. The molecule has 122 valence electrons. The molecule has 1 aromatic heterocycles. The smallest absolute Gasteiger partial charge is 0.344 e. The number of rotatable bonds is 6. The number of carbonyl (C=O) groups is 2. The van der Waals surface area contributed by atoms with Crippen LogP contribution < -0.4 is 9.47 Å². The number of carbonyl (C=O) groups excluding carboxylic acids is 2. The predicted octanol–water partition coefficient (Wildman–Crippen LogP) is 3.47. The van der Waals surface area contributed by atoms with Crippen molar-refractivity contribution in [3.8, 4) is 11.5 Å². The van der Waals surface area contributed by atoms with E-state index in [1.54, 1.807) is 24.3 Å². The van der Waals surface area contributed by atoms with Crippen LogP contribution in [0.4, 0.5) is 0 Å². The number of Topliss-reactive ketones (excluding diaryl/α,β-unsaturated/α-hetero) is 1. The number of ether oxygens (including phenoxy) is 3. The summed E-state index contributed by atoms with van der Waals surface area (Å²) in [5.41, 5.74) is 0.472. The fraction of sp³-hybridized carbons (Fsp3) is 0.111. The van der Waals surface area contributed by atoms with E-state index in [-0.39, 0.29) is 24.8 Å². The minimum atomic E-state index is -0.495. The molecule has 0 spiro atoms. The maximum absolute atomic E-state index is 12.3. The number of fused-ring (bicyclic) bond motifs is 1. The molecule has 1 aromatic carbocycles. The third-order valence-corrected chi connectivity index (χ3v) is 4.00. The van der Waals surface area contributed by atoms with Gasteiger partial charge >= 0.3 is 5.97 Å². The van der Waals surface area contributed by atoms with E-state index >= 15 is 0 Å². The van der Waals surface area contributed by atoms with E-state index in [1.165, 1.54) is 17.4 Å². The van der Waals surface area contributed by atoms with Crippen LogP contribution in [0.2, 0.25) is 0 Å². The molecule has 2 heterocycles. The molecule has 2 aromatic rings. The maximum Gasteiger partial charge on any atom is 0.344 e. The van der Waals surface area contributed by atoms with E-state index in [2.05, 4.69) is 6.58 Å². The van der Waals surface area contributed by atoms with Gasteiger partial charge in [-0.3, -0.25) is 4.79 Å². The van der Waals surface area contributed by atoms with Crippen LogP contribution >= 0.6 is 11.3 Å². The quantitative estimate of drug-likeness (QED) is 0.457. The molecule has 0 atom stereocenters. The van der Waals surface area contributed by atoms with Crippen LogP contribution in [0.15, 0.2) is 54.1 Å². The van der Waals surface area contributed by atoms with Crippen molar-refractivity contribution in [2.45, 2.75) is 0 Å². The Morgan fingerprint density at radius 3 is 2.96 bits per heavy atom. The van der Waals surface area contributed by atoms with Crippen molar-refractivity contribution in [3.63, 3.8) is 0 Å². The van der Waals surface area contributed by atoms with Gasteiger partial charge in [0, 0.05) is 17.0 Å². The lowest BCUT2D eigenvalue weighted by atomic mass is 10.1. The van der Waals surface area contributed by atoms with E-state index in [1.807, 2.05) is 17.5 Å². The normalized spacial score (nSPS) is 14.2. The number of hydrogen-bond donors (Lipinski definition) is 0. The van der Waals surface area contributed by atoms with Gasteiger partial charge in [0.25, 0.3) is 0 Å². The van der Waals surface area contributed by atoms with Gasteiger partial charge in [0.2, 0.25) is 5.78 Å². The zero-order valence-corrected chi connectivity index (χ0v) is 13.5. The van der Waals surface area contributed by atoms with Gasteiger partial charge in [-0.25, -0.2) is 4.79 Å². The number of thiophene rings is 1. The molecule has 0 N–H and O–H groups in total. The van der Waals surface area contributed by atoms with Crippen molar-refractivity contribution in [1.82, 2.24) is 0 Å². The molecular weight excluding hydrogens is 328 g/mol. The van der Waals surface area contributed by atoms with E-state index in [9.17, 15) is 9.59 Å². The van der Waals surface area contributed by atoms with Crippen LogP contribution in [-0.4, -0.2) is 25.0 Å². The molecule has 3 rings (SSSR count). The average Bonchev–Trinajstić information content (AvgIpc) is 3.20. The standard InChI is InChI=1S/C18H14O5S/c1-2-7-21-17(19)11-22-12-5-6-14-15(9-12)23-16(18(14)20)10-13-4-3-8-24-13/h2-6,8-10H,1,7,11H2/b16-10-. The number of esters is 1. The molecule has 5 nitrogen and oxygen atoms in total. The summed E-state index contributed by atoms with van der Waals surface area (Å²) in [7, 11) is 0. The number of benzene rings is 1. The summed E-state index contributed by atoms with van der Waals surface area (Å²) < 4.78 is 15.8. The zero-order valence-electron chi connectivity index (χ0n) is 12.7. The average molecular weight is 342 g/mol. The summed E-state index contributed by atoms with van der Waals surface area (Å²) in [6.07, 6.45) is 3.19. The van der Waals surface area contributed by atoms with E-state index in [4.69, 9.17) is 14.2 Å². The van der Waals surface area contributed by atoms with Gasteiger partial charge in [0.05, 0.1) is 5.56 Å². The third kappa shape index (κ3) is 3.55. The van der Waals surface area contributed by atoms with Crippen LogP contribution in [0, 0.1) is 0 Å². The van der Waals surface area contributed by atoms with Crippen molar-refractivity contribution in [2.75, 3.05) is 13.2 Å². The Bertz CT molecular complexity index is 805. The van der Waals surface area contributed by atoms with E-state index in [0.29, 0.717) is 17.1 Å². The van der Waals surface area contributed by atoms with Crippen LogP contribution in [0.3, 0.4) is 0 Å². The Hall–Kier alpha value is -2.86. The van der Waals surface area contributed by atoms with Gasteiger partial charge < -0.3 is 14.2 Å². The molecular formula is C18H14O5S. The van der Waals surface area contributed by atoms with Crippen molar-refractivity contribution in [3.05, 3.63) is 64.6 Å². The second-order valence-corrected chi connectivity index (χ2v) is 5.85. The van der Waals surface area contributed by atoms with Gasteiger partial charge in [0.15, 0.2) is 12.4 Å². The highest BCUT2D eigenvalue weighted by Gasteiger charge is 2.27. The first-order valence-electron chi connectivity index (χ1n) is 7.18. The van der Waals surface area contributed by atoms with Crippen LogP contribution in [-0.2, 0) is 9.53 Å². The number of hydrogen-bond acceptors (Lipinski definition) is 6. The SMILES string of the molecule is C=CCOC(=O)COc1ccc2c(c1)O/C(=C\c1cccs1)C2=O. The molecule has 0 unspecified atom stereocenters. The lowest BCUT2D eigenvalue weighted by molar-refractivity contribution is -0.144. The molecule has 0 radical (unpaired) electrons. The second-order valence-electron chi connectivity index (χ2n) is 4.87. The Morgan fingerprint density at radius 1 is 1.33 bits per heavy atom. The predicted molar refractivity (Wildman–Crippen MR) is 90.3 cm³/mol. The number of allylic oxidation sites excluding steroid dienone is 1. The van der Waals surface area contributed by atoms with E-state index < -0.39 is 5.97 Å². The topological polar surface area (TPSA) is 61.8 Å². The molecule has 0 amide bonds. The van der Waals surface area contributed by atoms with Crippen LogP contribution in [0.1, 0.15) is 15.2 Å². The van der Waals surface area contributed by atoms with Crippen molar-refractivity contribution >= 4 is 29.2 Å². The largest absolute Gasteiger partial charge is 0.482 e. The summed E-state index contributed by atoms with van der Waals surface area (Å²) in [5, 5.41) is 1.93. The highest BCUT2D eigenvalue weighted by Crippen LogP contribution is 2.35. The van der Waals surface area contributed by atoms with Gasteiger partial charge in [-0.15, -0.1) is 11.3 Å². The Balaban J connectivity index is 1.69. The van der Waals surface area contributed by atoms with Gasteiger partial charge in [-0.2, -0.15) is 0 Å². The number of ketones is 1. The maximum atomic E-state index is 12.3. The van der Waals surface area contributed by atoms with Crippen LogP contribution in [0.5, 0.6) is 11.5 Å². The Kier molecular flexibility index (Phi) is 4.77. The van der Waals surface area contributed by atoms with E-state index in [0.717, 1.165) is 4.88 Å². The fourth-order valence-electron chi connectivity index (χ4n) is 2.10. The zero-order chi connectivity index (χ0) is 16.9. The summed E-state index contributed by atoms with van der Waals surface area (Å²) in [4.78, 5) is 24.6. The molecule has 1 aliphatic heterocycles. The molecule has 0 aliphatic carbocycles. The van der Waals surface area contributed by atoms with Crippen LogP contribution in [0.25, 0.3) is 6.08 Å². The third-order valence-electron chi connectivity index (χ3n) is 3.18. The lowest BCUT2D eigenvalue weighted by Crippen LogP contribution is -2.14. The first kappa shape index (κ1) is 16.0. The Morgan fingerprint density at radius 2 is 2.21 bits per heavy atom. The lowest BCUT2D eigenvalue weighted by Gasteiger charge is -2.06. The molecule has 24 heavy (non-hydrogen) atoms. The van der Waals surface area contributed by atoms with Gasteiger partial charge in [0.1, 0.15) is 18.1 Å². The van der Waals surface area contributed by atoms with Crippen molar-refractivity contribution in [1.29, 1.82) is 0 Å². The highest BCUT2D eigenvalue weighted by molar-refractivity contribution is 7.10. The van der Waals surface area contributed by atoms with Gasteiger partial charge in [-0.1, -0.05) is 18.7 Å². The fourth-order valence-corrected chi connectivity index (χ4v) is 2.74. The van der Waals surface area contributed by atoms with Crippen molar-refractivity contribution in [2.24, 2.45) is 0 Å². The summed E-state index contributed by atoms with van der Waals surface area (Å²) >= 11 is 1.52. The first-order valence-corrected chi connectivity index (χ1v) is 8.06. The highest BCUT2D eigenvalue weighted by atomic mass is 32.1. The summed E-state index contributed by atoms with van der Waals surface area (Å²) in [6.45, 7) is 3.38. The molecule has 0 saturated carbocycles.